The summed E-state index contributed by atoms with van der Waals surface area (Å²) < 4.78 is 5.10. The first-order valence-corrected chi connectivity index (χ1v) is 5.83. The molecule has 0 saturated heterocycles. The number of rotatable bonds is 4. The smallest absolute Gasteiger partial charge is 0.255 e. The van der Waals surface area contributed by atoms with Gasteiger partial charge in [0.2, 0.25) is 0 Å². The molecule has 5 heteroatoms. The molecule has 0 fully saturated rings. The molecule has 3 N–H and O–H groups in total. The summed E-state index contributed by atoms with van der Waals surface area (Å²) in [6, 6.07) is 10.5. The van der Waals surface area contributed by atoms with Crippen molar-refractivity contribution in [1.29, 1.82) is 0 Å². The van der Waals surface area contributed by atoms with Gasteiger partial charge < -0.3 is 15.8 Å². The van der Waals surface area contributed by atoms with E-state index in [1.807, 2.05) is 12.1 Å². The molecule has 98 valence electrons. The lowest BCUT2D eigenvalue weighted by Crippen LogP contribution is -2.13. The average molecular weight is 257 g/mol. The highest BCUT2D eigenvalue weighted by atomic mass is 16.5. The molecule has 0 aliphatic rings. The molecule has 2 aromatic rings. The van der Waals surface area contributed by atoms with Crippen LogP contribution in [0.15, 0.2) is 42.6 Å². The zero-order valence-corrected chi connectivity index (χ0v) is 10.6. The van der Waals surface area contributed by atoms with E-state index in [1.165, 1.54) is 0 Å². The number of methoxy groups -OCH3 is 1. The number of pyridine rings is 1. The van der Waals surface area contributed by atoms with Gasteiger partial charge in [0.05, 0.1) is 12.8 Å². The van der Waals surface area contributed by atoms with Crippen LogP contribution in [0.3, 0.4) is 0 Å². The van der Waals surface area contributed by atoms with E-state index in [9.17, 15) is 4.79 Å². The van der Waals surface area contributed by atoms with Crippen LogP contribution in [0.1, 0.15) is 16.1 Å². The molecule has 19 heavy (non-hydrogen) atoms. The summed E-state index contributed by atoms with van der Waals surface area (Å²) in [5.74, 6) is 0.487. The van der Waals surface area contributed by atoms with Crippen molar-refractivity contribution in [1.82, 2.24) is 4.98 Å². The van der Waals surface area contributed by atoms with Gasteiger partial charge >= 0.3 is 0 Å². The summed E-state index contributed by atoms with van der Waals surface area (Å²) in [5, 5.41) is 2.80. The van der Waals surface area contributed by atoms with Crippen molar-refractivity contribution < 1.29 is 9.53 Å². The number of hydrogen-bond acceptors (Lipinski definition) is 4. The zero-order chi connectivity index (χ0) is 13.7. The number of amides is 1. The molecule has 0 atom stereocenters. The fourth-order valence-electron chi connectivity index (χ4n) is 1.64. The lowest BCUT2D eigenvalue weighted by Gasteiger charge is -2.07. The van der Waals surface area contributed by atoms with E-state index in [1.54, 1.807) is 37.6 Å². The number of carbonyl (C=O) groups is 1. The first kappa shape index (κ1) is 13.0. The Kier molecular flexibility index (Phi) is 4.10. The molecule has 5 nitrogen and oxygen atoms in total. The Morgan fingerprint density at radius 1 is 1.37 bits per heavy atom. The summed E-state index contributed by atoms with van der Waals surface area (Å²) in [6.07, 6.45) is 1.57. The average Bonchev–Trinajstić information content (AvgIpc) is 2.47. The molecule has 0 bridgehead atoms. The van der Waals surface area contributed by atoms with E-state index in [0.29, 0.717) is 29.2 Å². The monoisotopic (exact) mass is 257 g/mol. The number of benzene rings is 1. The predicted molar refractivity (Wildman–Crippen MR) is 73.1 cm³/mol. The van der Waals surface area contributed by atoms with Crippen molar-refractivity contribution >= 4 is 11.6 Å². The van der Waals surface area contributed by atoms with Crippen molar-refractivity contribution in [2.24, 2.45) is 5.73 Å². The van der Waals surface area contributed by atoms with Crippen LogP contribution in [-0.4, -0.2) is 18.0 Å². The first-order chi connectivity index (χ1) is 9.22. The molecule has 0 radical (unpaired) electrons. The van der Waals surface area contributed by atoms with Crippen molar-refractivity contribution in [3.8, 4) is 5.75 Å². The van der Waals surface area contributed by atoms with Gasteiger partial charge in [-0.25, -0.2) is 0 Å². The van der Waals surface area contributed by atoms with E-state index < -0.39 is 0 Å². The third-order valence-electron chi connectivity index (χ3n) is 2.62. The number of nitrogens with two attached hydrogens (primary N) is 1. The minimum Gasteiger partial charge on any atom is -0.497 e. The van der Waals surface area contributed by atoms with Crippen LogP contribution in [-0.2, 0) is 6.54 Å². The third-order valence-corrected chi connectivity index (χ3v) is 2.62. The summed E-state index contributed by atoms with van der Waals surface area (Å²) in [5.41, 5.74) is 7.38. The number of carbonyl (C=O) groups excluding carboxylic acids is 1. The van der Waals surface area contributed by atoms with Gasteiger partial charge in [0, 0.05) is 30.1 Å². The second-order valence-corrected chi connectivity index (χ2v) is 3.93. The molecular weight excluding hydrogens is 242 g/mol. The van der Waals surface area contributed by atoms with E-state index in [2.05, 4.69) is 10.3 Å². The number of nitrogens with zero attached hydrogens (tertiary/aromatic N) is 1. The van der Waals surface area contributed by atoms with Crippen LogP contribution >= 0.6 is 0 Å². The van der Waals surface area contributed by atoms with Crippen LogP contribution in [0, 0.1) is 0 Å². The van der Waals surface area contributed by atoms with Crippen molar-refractivity contribution in [3.05, 3.63) is 53.9 Å². The highest BCUT2D eigenvalue weighted by Gasteiger charge is 2.07. The van der Waals surface area contributed by atoms with Gasteiger partial charge in [-0.15, -0.1) is 0 Å². The second-order valence-electron chi connectivity index (χ2n) is 3.93. The Morgan fingerprint density at radius 3 is 2.95 bits per heavy atom. The highest BCUT2D eigenvalue weighted by Crippen LogP contribution is 2.17. The fraction of sp³-hybridized carbons (Fsp3) is 0.143. The molecule has 0 unspecified atom stereocenters. The quantitative estimate of drug-likeness (QED) is 0.875. The van der Waals surface area contributed by atoms with Crippen LogP contribution < -0.4 is 15.8 Å². The number of anilines is 1. The van der Waals surface area contributed by atoms with Gasteiger partial charge in [-0.2, -0.15) is 0 Å². The van der Waals surface area contributed by atoms with E-state index >= 15 is 0 Å². The van der Waals surface area contributed by atoms with Crippen LogP contribution in [0.2, 0.25) is 0 Å². The van der Waals surface area contributed by atoms with Crippen molar-refractivity contribution in [3.63, 3.8) is 0 Å². The van der Waals surface area contributed by atoms with Crippen molar-refractivity contribution in [2.75, 3.05) is 12.4 Å². The molecule has 2 rings (SSSR count). The molecule has 1 aromatic carbocycles. The van der Waals surface area contributed by atoms with Crippen LogP contribution in [0.25, 0.3) is 0 Å². The van der Waals surface area contributed by atoms with Gasteiger partial charge in [-0.1, -0.05) is 6.07 Å². The molecule has 1 aromatic heterocycles. The number of hydrogen-bond donors (Lipinski definition) is 2. The largest absolute Gasteiger partial charge is 0.497 e. The van der Waals surface area contributed by atoms with E-state index in [0.717, 1.165) is 0 Å². The Labute approximate surface area is 111 Å². The van der Waals surface area contributed by atoms with E-state index in [-0.39, 0.29) is 5.91 Å². The Bertz CT molecular complexity index is 584. The summed E-state index contributed by atoms with van der Waals surface area (Å²) in [4.78, 5) is 16.1. The van der Waals surface area contributed by atoms with Crippen molar-refractivity contribution in [2.45, 2.75) is 6.54 Å². The molecular formula is C14H15N3O2. The zero-order valence-electron chi connectivity index (χ0n) is 10.6. The maximum Gasteiger partial charge on any atom is 0.255 e. The molecule has 0 aliphatic heterocycles. The van der Waals surface area contributed by atoms with Crippen LogP contribution in [0.5, 0.6) is 5.75 Å². The lowest BCUT2D eigenvalue weighted by molar-refractivity contribution is 0.102. The summed E-state index contributed by atoms with van der Waals surface area (Å²) in [6.45, 7) is 0.306. The van der Waals surface area contributed by atoms with Gasteiger partial charge in [0.25, 0.3) is 5.91 Å². The Hall–Kier alpha value is -2.40. The topological polar surface area (TPSA) is 77.2 Å². The highest BCUT2D eigenvalue weighted by molar-refractivity contribution is 6.04. The minimum atomic E-state index is -0.203. The van der Waals surface area contributed by atoms with Gasteiger partial charge in [0.1, 0.15) is 5.75 Å². The first-order valence-electron chi connectivity index (χ1n) is 5.83. The number of aromatic nitrogens is 1. The van der Waals surface area contributed by atoms with Crippen LogP contribution in [0.4, 0.5) is 5.69 Å². The Morgan fingerprint density at radius 2 is 2.21 bits per heavy atom. The molecule has 0 saturated carbocycles. The summed E-state index contributed by atoms with van der Waals surface area (Å²) in [7, 11) is 1.58. The van der Waals surface area contributed by atoms with Gasteiger partial charge in [-0.05, 0) is 24.3 Å². The normalized spacial score (nSPS) is 10.0. The number of ether oxygens (including phenoxy) is 1. The third kappa shape index (κ3) is 3.29. The number of nitrogens with one attached hydrogen (secondary N) is 1. The lowest BCUT2D eigenvalue weighted by atomic mass is 10.2. The van der Waals surface area contributed by atoms with Gasteiger partial charge in [0.15, 0.2) is 0 Å². The molecule has 0 aliphatic carbocycles. The van der Waals surface area contributed by atoms with E-state index in [4.69, 9.17) is 10.5 Å². The standard InChI is InChI=1S/C14H15N3O2/c1-19-13-4-2-3-11(8-13)17-14(18)10-5-6-16-12(7-10)9-15/h2-8H,9,15H2,1H3,(H,17,18). The maximum atomic E-state index is 12.1. The molecule has 1 amide bonds. The minimum absolute atomic E-state index is 0.203. The second kappa shape index (κ2) is 5.97. The Balaban J connectivity index is 2.15. The molecule has 1 heterocycles. The summed E-state index contributed by atoms with van der Waals surface area (Å²) >= 11 is 0. The molecule has 0 spiro atoms. The predicted octanol–water partition coefficient (Wildman–Crippen LogP) is 1.80. The van der Waals surface area contributed by atoms with Gasteiger partial charge in [-0.3, -0.25) is 9.78 Å². The fourth-order valence-corrected chi connectivity index (χ4v) is 1.64. The maximum absolute atomic E-state index is 12.1. The SMILES string of the molecule is COc1cccc(NC(=O)c2ccnc(CN)c2)c1.